The second-order valence-electron chi connectivity index (χ2n) is 3.56. The number of thiazole rings is 1. The van der Waals surface area contributed by atoms with Crippen LogP contribution in [-0.4, -0.2) is 11.5 Å². The van der Waals surface area contributed by atoms with Gasteiger partial charge in [0.15, 0.2) is 5.82 Å². The van der Waals surface area contributed by atoms with E-state index in [1.807, 2.05) is 11.4 Å². The molecule has 0 saturated heterocycles. The molecule has 0 bridgehead atoms. The van der Waals surface area contributed by atoms with E-state index in [0.29, 0.717) is 12.2 Å². The molecule has 1 heterocycles. The summed E-state index contributed by atoms with van der Waals surface area (Å²) in [6, 6.07) is 5.07. The Labute approximate surface area is 116 Å². The first-order chi connectivity index (χ1) is 8.72. The number of aromatic nitrogens is 1. The molecule has 0 amide bonds. The van der Waals surface area contributed by atoms with Crippen molar-refractivity contribution in [3.05, 3.63) is 44.6 Å². The van der Waals surface area contributed by atoms with Crippen molar-refractivity contribution in [2.24, 2.45) is 0 Å². The third-order valence-corrected chi connectivity index (χ3v) is 3.79. The molecule has 6 heteroatoms. The van der Waals surface area contributed by atoms with E-state index >= 15 is 0 Å². The van der Waals surface area contributed by atoms with Crippen molar-refractivity contribution in [1.82, 2.24) is 4.98 Å². The molecule has 0 saturated carbocycles. The lowest BCUT2D eigenvalue weighted by atomic mass is 10.2. The molecule has 1 aromatic carbocycles. The fraction of sp³-hybridized carbons (Fsp3) is 0.167. The van der Waals surface area contributed by atoms with Crippen LogP contribution in [0.4, 0.5) is 10.1 Å². The van der Waals surface area contributed by atoms with Gasteiger partial charge in [-0.05, 0) is 28.1 Å². The van der Waals surface area contributed by atoms with E-state index in [1.54, 1.807) is 17.6 Å². The number of nitrogens with one attached hydrogen (secondary N) is 1. The normalized spacial score (nSPS) is 10.1. The van der Waals surface area contributed by atoms with E-state index in [-0.39, 0.29) is 10.0 Å². The fourth-order valence-electron chi connectivity index (χ4n) is 1.46. The summed E-state index contributed by atoms with van der Waals surface area (Å²) in [4.78, 5) is 4.15. The van der Waals surface area contributed by atoms with E-state index in [1.165, 1.54) is 11.3 Å². The molecule has 18 heavy (non-hydrogen) atoms. The van der Waals surface area contributed by atoms with Crippen molar-refractivity contribution in [3.63, 3.8) is 0 Å². The minimum Gasteiger partial charge on any atom is -0.382 e. The molecular weight excluding hydrogens is 317 g/mol. The maximum Gasteiger partial charge on any atom is 0.161 e. The average molecular weight is 326 g/mol. The largest absolute Gasteiger partial charge is 0.382 e. The molecule has 0 spiro atoms. The highest BCUT2D eigenvalue weighted by Crippen LogP contribution is 2.26. The Morgan fingerprint density at radius 2 is 2.33 bits per heavy atom. The van der Waals surface area contributed by atoms with E-state index in [9.17, 15) is 4.39 Å². The van der Waals surface area contributed by atoms with Gasteiger partial charge in [0.1, 0.15) is 6.07 Å². The average Bonchev–Trinajstić information content (AvgIpc) is 2.88. The van der Waals surface area contributed by atoms with E-state index in [0.717, 1.165) is 12.1 Å². The Balaban J connectivity index is 2.02. The molecule has 2 rings (SSSR count). The Bertz CT molecular complexity index is 578. The first-order valence-corrected chi connectivity index (χ1v) is 6.95. The number of halogens is 2. The number of benzene rings is 1. The molecule has 1 aromatic heterocycles. The zero-order valence-electron chi connectivity index (χ0n) is 9.28. The van der Waals surface area contributed by atoms with Crippen LogP contribution in [-0.2, 0) is 6.42 Å². The smallest absolute Gasteiger partial charge is 0.161 e. The number of rotatable bonds is 4. The van der Waals surface area contributed by atoms with E-state index in [4.69, 9.17) is 5.26 Å². The summed E-state index contributed by atoms with van der Waals surface area (Å²) in [6.07, 6.45) is 0.737. The van der Waals surface area contributed by atoms with Gasteiger partial charge in [0.2, 0.25) is 0 Å². The Morgan fingerprint density at radius 3 is 3.00 bits per heavy atom. The van der Waals surface area contributed by atoms with Gasteiger partial charge in [-0.25, -0.2) is 9.37 Å². The summed E-state index contributed by atoms with van der Waals surface area (Å²) in [7, 11) is 0. The van der Waals surface area contributed by atoms with Gasteiger partial charge in [0.25, 0.3) is 0 Å². The number of anilines is 1. The van der Waals surface area contributed by atoms with Crippen molar-refractivity contribution in [1.29, 1.82) is 5.26 Å². The van der Waals surface area contributed by atoms with E-state index in [2.05, 4.69) is 26.2 Å². The van der Waals surface area contributed by atoms with Gasteiger partial charge in [-0.15, -0.1) is 11.3 Å². The van der Waals surface area contributed by atoms with E-state index < -0.39 is 5.82 Å². The highest BCUT2D eigenvalue weighted by molar-refractivity contribution is 9.10. The van der Waals surface area contributed by atoms with Gasteiger partial charge in [0, 0.05) is 18.3 Å². The maximum atomic E-state index is 13.8. The van der Waals surface area contributed by atoms with Crippen molar-refractivity contribution in [2.75, 3.05) is 11.9 Å². The third kappa shape index (κ3) is 2.86. The first kappa shape index (κ1) is 13.0. The Hall–Kier alpha value is -1.45. The summed E-state index contributed by atoms with van der Waals surface area (Å²) in [5.41, 5.74) is 3.43. The van der Waals surface area contributed by atoms with Crippen molar-refractivity contribution in [2.45, 2.75) is 6.42 Å². The zero-order chi connectivity index (χ0) is 13.0. The molecule has 0 atom stereocenters. The van der Waals surface area contributed by atoms with Crippen LogP contribution >= 0.6 is 27.3 Å². The Kier molecular flexibility index (Phi) is 4.28. The lowest BCUT2D eigenvalue weighted by Crippen LogP contribution is -2.07. The number of nitrogens with zero attached hydrogens (tertiary/aromatic N) is 2. The second-order valence-corrected chi connectivity index (χ2v) is 5.07. The summed E-state index contributed by atoms with van der Waals surface area (Å²) < 4.78 is 14.0. The highest BCUT2D eigenvalue weighted by atomic mass is 79.9. The highest BCUT2D eigenvalue weighted by Gasteiger charge is 2.10. The lowest BCUT2D eigenvalue weighted by molar-refractivity contribution is 0.623. The zero-order valence-corrected chi connectivity index (χ0v) is 11.7. The molecular formula is C12H9BrFN3S. The molecule has 92 valence electrons. The minimum absolute atomic E-state index is 0.198. The van der Waals surface area contributed by atoms with Crippen molar-refractivity contribution in [3.8, 4) is 6.07 Å². The molecule has 3 nitrogen and oxygen atoms in total. The van der Waals surface area contributed by atoms with Gasteiger partial charge < -0.3 is 5.32 Å². The summed E-state index contributed by atoms with van der Waals surface area (Å²) in [5, 5.41) is 13.7. The minimum atomic E-state index is -0.438. The van der Waals surface area contributed by atoms with Crippen LogP contribution in [0, 0.1) is 17.1 Å². The lowest BCUT2D eigenvalue weighted by Gasteiger charge is -2.08. The summed E-state index contributed by atoms with van der Waals surface area (Å²) in [6.45, 7) is 0.596. The molecule has 0 radical (unpaired) electrons. The number of hydrogen-bond acceptors (Lipinski definition) is 4. The molecule has 2 aromatic rings. The molecule has 0 aliphatic carbocycles. The fourth-order valence-corrected chi connectivity index (χ4v) is 2.49. The molecule has 0 aliphatic heterocycles. The van der Waals surface area contributed by atoms with Crippen LogP contribution < -0.4 is 5.32 Å². The van der Waals surface area contributed by atoms with Crippen LogP contribution in [0.2, 0.25) is 0 Å². The number of nitriles is 1. The van der Waals surface area contributed by atoms with Crippen LogP contribution in [0.25, 0.3) is 0 Å². The van der Waals surface area contributed by atoms with Gasteiger partial charge >= 0.3 is 0 Å². The first-order valence-electron chi connectivity index (χ1n) is 5.21. The number of hydrogen-bond donors (Lipinski definition) is 1. The quantitative estimate of drug-likeness (QED) is 0.934. The Morgan fingerprint density at radius 1 is 1.50 bits per heavy atom. The van der Waals surface area contributed by atoms with Crippen LogP contribution in [0.5, 0.6) is 0 Å². The van der Waals surface area contributed by atoms with Gasteiger partial charge in [-0.1, -0.05) is 0 Å². The molecule has 1 N–H and O–H groups in total. The third-order valence-electron chi connectivity index (χ3n) is 2.38. The maximum absolute atomic E-state index is 13.8. The standard InChI is InChI=1S/C12H9BrFN3S/c13-11-8(5-15)1-2-10(12(11)14)16-4-3-9-6-18-7-17-9/h1-2,6-7,16H,3-4H2. The van der Waals surface area contributed by atoms with Crippen molar-refractivity contribution >= 4 is 33.0 Å². The topological polar surface area (TPSA) is 48.7 Å². The van der Waals surface area contributed by atoms with Gasteiger partial charge in [-0.2, -0.15) is 5.26 Å². The molecule has 0 unspecified atom stereocenters. The van der Waals surface area contributed by atoms with Crippen LogP contribution in [0.15, 0.2) is 27.5 Å². The second kappa shape index (κ2) is 5.94. The predicted octanol–water partition coefficient (Wildman–Crippen LogP) is 3.57. The summed E-state index contributed by atoms with van der Waals surface area (Å²) >= 11 is 4.61. The molecule has 0 fully saturated rings. The van der Waals surface area contributed by atoms with Crippen LogP contribution in [0.1, 0.15) is 11.3 Å². The summed E-state index contributed by atoms with van der Waals surface area (Å²) in [5.74, 6) is -0.438. The monoisotopic (exact) mass is 325 g/mol. The van der Waals surface area contributed by atoms with Crippen molar-refractivity contribution < 1.29 is 4.39 Å². The molecule has 0 aliphatic rings. The van der Waals surface area contributed by atoms with Crippen LogP contribution in [0.3, 0.4) is 0 Å². The predicted molar refractivity (Wildman–Crippen MR) is 73.1 cm³/mol. The SMILES string of the molecule is N#Cc1ccc(NCCc2cscn2)c(F)c1Br. The van der Waals surface area contributed by atoms with Gasteiger partial charge in [-0.3, -0.25) is 0 Å². The van der Waals surface area contributed by atoms with Gasteiger partial charge in [0.05, 0.1) is 26.9 Å².